The first kappa shape index (κ1) is 14.2. The first-order valence-corrected chi connectivity index (χ1v) is 8.08. The molecule has 2 heterocycles. The van der Waals surface area contributed by atoms with Gasteiger partial charge in [0.1, 0.15) is 0 Å². The molecule has 1 aliphatic rings. The lowest BCUT2D eigenvalue weighted by Gasteiger charge is -2.21. The minimum absolute atomic E-state index is 0.0125. The number of thiazole rings is 1. The number of carbonyl (C=O) groups excluding carboxylic acids is 1. The van der Waals surface area contributed by atoms with Gasteiger partial charge < -0.3 is 4.57 Å². The Bertz CT molecular complexity index is 674. The van der Waals surface area contributed by atoms with E-state index in [1.165, 1.54) is 16.9 Å². The van der Waals surface area contributed by atoms with Crippen LogP contribution in [-0.2, 0) is 18.4 Å². The largest absolute Gasteiger partial charge is 0.327 e. The standard InChI is InChI=1S/C16H19N3OS/c1-18-10-11-21-16(18)17-15(20)14-8-5-9-19(14)12-13-6-3-2-4-7-13/h2-4,6-7,10-11,14H,5,8-9,12H2,1H3/t14-/m0/s1. The summed E-state index contributed by atoms with van der Waals surface area (Å²) in [5.74, 6) is -0.0125. The van der Waals surface area contributed by atoms with E-state index in [0.29, 0.717) is 0 Å². The van der Waals surface area contributed by atoms with Gasteiger partial charge in [-0.05, 0) is 24.9 Å². The van der Waals surface area contributed by atoms with Gasteiger partial charge in [0.2, 0.25) is 0 Å². The lowest BCUT2D eigenvalue weighted by molar-refractivity contribution is -0.122. The zero-order chi connectivity index (χ0) is 14.7. The average molecular weight is 301 g/mol. The summed E-state index contributed by atoms with van der Waals surface area (Å²) in [7, 11) is 1.92. The molecule has 0 saturated carbocycles. The molecule has 1 fully saturated rings. The van der Waals surface area contributed by atoms with Gasteiger partial charge in [0.15, 0.2) is 4.80 Å². The Morgan fingerprint density at radius 2 is 2.19 bits per heavy atom. The maximum atomic E-state index is 12.5. The first-order chi connectivity index (χ1) is 10.2. The SMILES string of the molecule is Cn1ccsc1=NC(=O)[C@@H]1CCCN1Cc1ccccc1. The van der Waals surface area contributed by atoms with Gasteiger partial charge in [-0.1, -0.05) is 30.3 Å². The fourth-order valence-corrected chi connectivity index (χ4v) is 3.45. The molecule has 0 radical (unpaired) electrons. The minimum atomic E-state index is -0.0766. The molecule has 1 aromatic heterocycles. The third-order valence-corrected chi connectivity index (χ3v) is 4.69. The van der Waals surface area contributed by atoms with Crippen molar-refractivity contribution >= 4 is 17.2 Å². The highest BCUT2D eigenvalue weighted by Crippen LogP contribution is 2.21. The predicted octanol–water partition coefficient (Wildman–Crippen LogP) is 2.18. The molecule has 0 spiro atoms. The monoisotopic (exact) mass is 301 g/mol. The smallest absolute Gasteiger partial charge is 0.265 e. The minimum Gasteiger partial charge on any atom is -0.327 e. The molecule has 0 N–H and O–H groups in total. The molecule has 4 nitrogen and oxygen atoms in total. The summed E-state index contributed by atoms with van der Waals surface area (Å²) in [6, 6.07) is 10.2. The van der Waals surface area contributed by atoms with Crippen molar-refractivity contribution in [1.82, 2.24) is 9.47 Å². The summed E-state index contributed by atoms with van der Waals surface area (Å²) in [5.41, 5.74) is 1.25. The van der Waals surface area contributed by atoms with Gasteiger partial charge in [-0.25, -0.2) is 0 Å². The van der Waals surface area contributed by atoms with Crippen molar-refractivity contribution in [3.05, 3.63) is 52.3 Å². The molecular formula is C16H19N3OS. The summed E-state index contributed by atoms with van der Waals surface area (Å²) in [4.78, 5) is 19.8. The van der Waals surface area contributed by atoms with Crippen molar-refractivity contribution in [2.75, 3.05) is 6.54 Å². The highest BCUT2D eigenvalue weighted by atomic mass is 32.1. The second kappa shape index (κ2) is 6.37. The topological polar surface area (TPSA) is 37.6 Å². The van der Waals surface area contributed by atoms with Crippen LogP contribution in [0, 0.1) is 0 Å². The maximum Gasteiger partial charge on any atom is 0.265 e. The second-order valence-electron chi connectivity index (χ2n) is 5.36. The van der Waals surface area contributed by atoms with Gasteiger partial charge in [0.25, 0.3) is 5.91 Å². The van der Waals surface area contributed by atoms with Crippen molar-refractivity contribution < 1.29 is 4.79 Å². The molecule has 1 aliphatic heterocycles. The highest BCUT2D eigenvalue weighted by molar-refractivity contribution is 7.07. The van der Waals surface area contributed by atoms with Gasteiger partial charge in [0, 0.05) is 25.2 Å². The molecule has 5 heteroatoms. The normalized spacial score (nSPS) is 20.0. The Labute approximate surface area is 128 Å². The van der Waals surface area contributed by atoms with E-state index < -0.39 is 0 Å². The third kappa shape index (κ3) is 3.31. The summed E-state index contributed by atoms with van der Waals surface area (Å²) >= 11 is 1.50. The number of aromatic nitrogens is 1. The van der Waals surface area contributed by atoms with Crippen LogP contribution in [0.15, 0.2) is 46.9 Å². The van der Waals surface area contributed by atoms with Crippen LogP contribution < -0.4 is 4.80 Å². The van der Waals surface area contributed by atoms with Crippen LogP contribution in [0.25, 0.3) is 0 Å². The zero-order valence-electron chi connectivity index (χ0n) is 12.1. The molecule has 1 aromatic carbocycles. The highest BCUT2D eigenvalue weighted by Gasteiger charge is 2.30. The van der Waals surface area contributed by atoms with E-state index in [4.69, 9.17) is 0 Å². The average Bonchev–Trinajstić information content (AvgIpc) is 3.10. The molecule has 2 aromatic rings. The number of hydrogen-bond donors (Lipinski definition) is 0. The molecule has 21 heavy (non-hydrogen) atoms. The molecule has 1 atom stereocenters. The fraction of sp³-hybridized carbons (Fsp3) is 0.375. The van der Waals surface area contributed by atoms with Crippen molar-refractivity contribution in [1.29, 1.82) is 0 Å². The first-order valence-electron chi connectivity index (χ1n) is 7.21. The van der Waals surface area contributed by atoms with Crippen LogP contribution >= 0.6 is 11.3 Å². The number of aryl methyl sites for hydroxylation is 1. The Kier molecular flexibility index (Phi) is 4.31. The lowest BCUT2D eigenvalue weighted by atomic mass is 10.2. The van der Waals surface area contributed by atoms with E-state index in [2.05, 4.69) is 22.0 Å². The van der Waals surface area contributed by atoms with Crippen LogP contribution in [0.4, 0.5) is 0 Å². The van der Waals surface area contributed by atoms with Crippen LogP contribution in [0.3, 0.4) is 0 Å². The van der Waals surface area contributed by atoms with Gasteiger partial charge in [-0.2, -0.15) is 4.99 Å². The van der Waals surface area contributed by atoms with E-state index in [1.54, 1.807) is 0 Å². The summed E-state index contributed by atoms with van der Waals surface area (Å²) in [6.45, 7) is 1.79. The zero-order valence-corrected chi connectivity index (χ0v) is 12.9. The fourth-order valence-electron chi connectivity index (χ4n) is 2.72. The Balaban J connectivity index is 1.75. The quantitative estimate of drug-likeness (QED) is 0.871. The van der Waals surface area contributed by atoms with Gasteiger partial charge in [0.05, 0.1) is 6.04 Å². The maximum absolute atomic E-state index is 12.5. The van der Waals surface area contributed by atoms with E-state index in [1.807, 2.05) is 41.4 Å². The summed E-state index contributed by atoms with van der Waals surface area (Å²) < 4.78 is 1.89. The van der Waals surface area contributed by atoms with Crippen molar-refractivity contribution in [3.63, 3.8) is 0 Å². The van der Waals surface area contributed by atoms with Crippen LogP contribution in [0.2, 0.25) is 0 Å². The Morgan fingerprint density at radius 1 is 1.38 bits per heavy atom. The van der Waals surface area contributed by atoms with Crippen molar-refractivity contribution in [2.24, 2.45) is 12.0 Å². The van der Waals surface area contributed by atoms with Crippen LogP contribution in [-0.4, -0.2) is 28.0 Å². The Hall–Kier alpha value is -1.72. The number of hydrogen-bond acceptors (Lipinski definition) is 3. The predicted molar refractivity (Wildman–Crippen MR) is 83.7 cm³/mol. The molecule has 1 amide bonds. The van der Waals surface area contributed by atoms with Crippen LogP contribution in [0.5, 0.6) is 0 Å². The van der Waals surface area contributed by atoms with Crippen LogP contribution in [0.1, 0.15) is 18.4 Å². The molecular weight excluding hydrogens is 282 g/mol. The van der Waals surface area contributed by atoms with Gasteiger partial charge >= 0.3 is 0 Å². The molecule has 3 rings (SSSR count). The second-order valence-corrected chi connectivity index (χ2v) is 6.23. The van der Waals surface area contributed by atoms with Gasteiger partial charge in [-0.15, -0.1) is 11.3 Å². The number of nitrogens with zero attached hydrogens (tertiary/aromatic N) is 3. The molecule has 0 aliphatic carbocycles. The molecule has 110 valence electrons. The Morgan fingerprint density at radius 3 is 2.90 bits per heavy atom. The van der Waals surface area contributed by atoms with E-state index in [9.17, 15) is 4.79 Å². The summed E-state index contributed by atoms with van der Waals surface area (Å²) in [5, 5.41) is 1.95. The van der Waals surface area contributed by atoms with E-state index >= 15 is 0 Å². The van der Waals surface area contributed by atoms with Gasteiger partial charge in [-0.3, -0.25) is 9.69 Å². The molecule has 0 bridgehead atoms. The van der Waals surface area contributed by atoms with E-state index in [0.717, 1.165) is 30.7 Å². The number of benzene rings is 1. The number of amides is 1. The number of carbonyl (C=O) groups is 1. The number of rotatable bonds is 3. The number of likely N-dealkylation sites (tertiary alicyclic amines) is 1. The van der Waals surface area contributed by atoms with E-state index in [-0.39, 0.29) is 11.9 Å². The lowest BCUT2D eigenvalue weighted by Crippen LogP contribution is -2.35. The summed E-state index contributed by atoms with van der Waals surface area (Å²) in [6.07, 6.45) is 3.90. The third-order valence-electron chi connectivity index (χ3n) is 3.84. The van der Waals surface area contributed by atoms with Crippen molar-refractivity contribution in [3.8, 4) is 0 Å². The van der Waals surface area contributed by atoms with Crippen molar-refractivity contribution in [2.45, 2.75) is 25.4 Å². The molecule has 0 unspecified atom stereocenters. The molecule has 1 saturated heterocycles.